The quantitative estimate of drug-likeness (QED) is 0.834. The zero-order chi connectivity index (χ0) is 18.0. The number of ether oxygens (including phenoxy) is 1. The van der Waals surface area contributed by atoms with Gasteiger partial charge in [0.25, 0.3) is 5.91 Å². The van der Waals surface area contributed by atoms with Crippen LogP contribution in [0.5, 0.6) is 0 Å². The normalized spacial score (nSPS) is 20.8. The SMILES string of the molecule is CO[C@H]1C[C@@H](CN(C)C(=O)c2ccc(-n3nccc3C)cc2)N(C)C1. The van der Waals surface area contributed by atoms with Crippen LogP contribution in [0.25, 0.3) is 5.69 Å². The summed E-state index contributed by atoms with van der Waals surface area (Å²) in [7, 11) is 5.70. The second-order valence-electron chi connectivity index (χ2n) is 6.80. The Morgan fingerprint density at radius 3 is 2.60 bits per heavy atom. The summed E-state index contributed by atoms with van der Waals surface area (Å²) in [6, 6.07) is 9.90. The van der Waals surface area contributed by atoms with Crippen LogP contribution in [0.2, 0.25) is 0 Å². The Hall–Kier alpha value is -2.18. The minimum atomic E-state index is 0.0398. The summed E-state index contributed by atoms with van der Waals surface area (Å²) < 4.78 is 7.30. The van der Waals surface area contributed by atoms with Gasteiger partial charge in [-0.1, -0.05) is 0 Å². The van der Waals surface area contributed by atoms with Gasteiger partial charge in [0.15, 0.2) is 0 Å². The first kappa shape index (κ1) is 17.6. The van der Waals surface area contributed by atoms with Crippen LogP contribution in [0.3, 0.4) is 0 Å². The van der Waals surface area contributed by atoms with Crippen molar-refractivity contribution in [3.63, 3.8) is 0 Å². The second-order valence-corrected chi connectivity index (χ2v) is 6.80. The van der Waals surface area contributed by atoms with Gasteiger partial charge in [-0.2, -0.15) is 5.10 Å². The van der Waals surface area contributed by atoms with Crippen LogP contribution in [0.4, 0.5) is 0 Å². The minimum Gasteiger partial charge on any atom is -0.380 e. The Morgan fingerprint density at radius 2 is 2.04 bits per heavy atom. The van der Waals surface area contributed by atoms with Crippen LogP contribution in [-0.2, 0) is 4.74 Å². The maximum atomic E-state index is 12.7. The van der Waals surface area contributed by atoms with Crippen molar-refractivity contribution in [1.29, 1.82) is 0 Å². The van der Waals surface area contributed by atoms with E-state index in [-0.39, 0.29) is 12.0 Å². The molecule has 6 heteroatoms. The number of carbonyl (C=O) groups is 1. The summed E-state index contributed by atoms with van der Waals surface area (Å²) in [6.45, 7) is 3.63. The van der Waals surface area contributed by atoms with Crippen molar-refractivity contribution < 1.29 is 9.53 Å². The van der Waals surface area contributed by atoms with E-state index in [1.54, 1.807) is 18.2 Å². The van der Waals surface area contributed by atoms with Crippen molar-refractivity contribution in [1.82, 2.24) is 19.6 Å². The molecule has 0 N–H and O–H groups in total. The van der Waals surface area contributed by atoms with Crippen molar-refractivity contribution in [2.45, 2.75) is 25.5 Å². The molecule has 25 heavy (non-hydrogen) atoms. The Morgan fingerprint density at radius 1 is 1.32 bits per heavy atom. The van der Waals surface area contributed by atoms with Crippen LogP contribution >= 0.6 is 0 Å². The van der Waals surface area contributed by atoms with E-state index in [9.17, 15) is 4.79 Å². The summed E-state index contributed by atoms with van der Waals surface area (Å²) in [5.41, 5.74) is 2.72. The van der Waals surface area contributed by atoms with Gasteiger partial charge in [-0.15, -0.1) is 0 Å². The number of carbonyl (C=O) groups excluding carboxylic acids is 1. The van der Waals surface area contributed by atoms with Crippen LogP contribution in [0.15, 0.2) is 36.5 Å². The molecule has 3 rings (SSSR count). The first-order valence-electron chi connectivity index (χ1n) is 8.59. The van der Waals surface area contributed by atoms with Crippen LogP contribution < -0.4 is 0 Å². The molecule has 1 aromatic heterocycles. The number of aryl methyl sites for hydroxylation is 1. The van der Waals surface area contributed by atoms with E-state index < -0.39 is 0 Å². The van der Waals surface area contributed by atoms with E-state index >= 15 is 0 Å². The third-order valence-electron chi connectivity index (χ3n) is 5.01. The number of hydrogen-bond donors (Lipinski definition) is 0. The average Bonchev–Trinajstić information content (AvgIpc) is 3.20. The van der Waals surface area contributed by atoms with Crippen molar-refractivity contribution in [2.24, 2.45) is 0 Å². The Bertz CT molecular complexity index is 725. The molecule has 1 aliphatic heterocycles. The molecule has 2 atom stereocenters. The molecule has 0 aliphatic carbocycles. The number of nitrogens with zero attached hydrogens (tertiary/aromatic N) is 4. The Balaban J connectivity index is 1.65. The lowest BCUT2D eigenvalue weighted by Crippen LogP contribution is -2.39. The zero-order valence-electron chi connectivity index (χ0n) is 15.3. The number of likely N-dealkylation sites (tertiary alicyclic amines) is 1. The topological polar surface area (TPSA) is 50.6 Å². The number of hydrogen-bond acceptors (Lipinski definition) is 4. The first-order chi connectivity index (χ1) is 12.0. The number of amides is 1. The lowest BCUT2D eigenvalue weighted by molar-refractivity contribution is 0.0760. The van der Waals surface area contributed by atoms with E-state index in [4.69, 9.17) is 4.74 Å². The van der Waals surface area contributed by atoms with Gasteiger partial charge in [-0.05, 0) is 50.7 Å². The van der Waals surface area contributed by atoms with E-state index in [1.165, 1.54) is 0 Å². The third-order valence-corrected chi connectivity index (χ3v) is 5.01. The number of likely N-dealkylation sites (N-methyl/N-ethyl adjacent to an activating group) is 2. The van der Waals surface area contributed by atoms with Gasteiger partial charge in [0.05, 0.1) is 11.8 Å². The molecular formula is C19H26N4O2. The summed E-state index contributed by atoms with van der Waals surface area (Å²) in [5.74, 6) is 0.0398. The molecule has 1 saturated heterocycles. The molecule has 0 bridgehead atoms. The maximum Gasteiger partial charge on any atom is 0.253 e. The monoisotopic (exact) mass is 342 g/mol. The highest BCUT2D eigenvalue weighted by atomic mass is 16.5. The molecule has 0 unspecified atom stereocenters. The molecule has 0 radical (unpaired) electrons. The standard InChI is InChI=1S/C19H26N4O2/c1-14-9-10-20-23(14)16-7-5-15(6-8-16)19(24)22(3)12-17-11-18(25-4)13-21(17)2/h5-10,17-18H,11-13H2,1-4H3/t17-,18-/m0/s1. The fourth-order valence-electron chi connectivity index (χ4n) is 3.42. The van der Waals surface area contributed by atoms with E-state index in [1.807, 2.05) is 49.0 Å². The van der Waals surface area contributed by atoms with Crippen molar-refractivity contribution in [2.75, 3.05) is 34.3 Å². The fourth-order valence-corrected chi connectivity index (χ4v) is 3.42. The first-order valence-corrected chi connectivity index (χ1v) is 8.59. The summed E-state index contributed by atoms with van der Waals surface area (Å²) in [6.07, 6.45) is 2.99. The van der Waals surface area contributed by atoms with Crippen LogP contribution in [-0.4, -0.2) is 71.9 Å². The molecule has 1 amide bonds. The van der Waals surface area contributed by atoms with E-state index in [2.05, 4.69) is 17.0 Å². The highest BCUT2D eigenvalue weighted by Crippen LogP contribution is 2.19. The van der Waals surface area contributed by atoms with Gasteiger partial charge in [0.1, 0.15) is 0 Å². The van der Waals surface area contributed by atoms with Crippen molar-refractivity contribution in [3.8, 4) is 5.69 Å². The minimum absolute atomic E-state index is 0.0398. The largest absolute Gasteiger partial charge is 0.380 e. The molecule has 2 heterocycles. The smallest absolute Gasteiger partial charge is 0.253 e. The molecule has 1 aromatic carbocycles. The van der Waals surface area contributed by atoms with Crippen LogP contribution in [0.1, 0.15) is 22.5 Å². The van der Waals surface area contributed by atoms with Gasteiger partial charge < -0.3 is 9.64 Å². The molecule has 0 spiro atoms. The number of methoxy groups -OCH3 is 1. The predicted molar refractivity (Wildman–Crippen MR) is 97.1 cm³/mol. The summed E-state index contributed by atoms with van der Waals surface area (Å²) in [5, 5.41) is 4.29. The third kappa shape index (κ3) is 3.75. The van der Waals surface area contributed by atoms with E-state index in [0.29, 0.717) is 18.2 Å². The predicted octanol–water partition coefficient (Wildman–Crippen LogP) is 1.97. The molecule has 1 aliphatic rings. The maximum absolute atomic E-state index is 12.7. The lowest BCUT2D eigenvalue weighted by Gasteiger charge is -2.25. The highest BCUT2D eigenvalue weighted by molar-refractivity contribution is 5.94. The number of benzene rings is 1. The van der Waals surface area contributed by atoms with E-state index in [0.717, 1.165) is 24.3 Å². The fraction of sp³-hybridized carbons (Fsp3) is 0.474. The molecule has 1 fully saturated rings. The number of rotatable bonds is 5. The molecule has 0 saturated carbocycles. The Labute approximate surface area is 149 Å². The number of aromatic nitrogens is 2. The molecule has 134 valence electrons. The van der Waals surface area contributed by atoms with Gasteiger partial charge >= 0.3 is 0 Å². The second kappa shape index (κ2) is 7.37. The molecule has 6 nitrogen and oxygen atoms in total. The van der Waals surface area contributed by atoms with Crippen molar-refractivity contribution in [3.05, 3.63) is 47.8 Å². The lowest BCUT2D eigenvalue weighted by atomic mass is 10.1. The highest BCUT2D eigenvalue weighted by Gasteiger charge is 2.31. The average molecular weight is 342 g/mol. The molecule has 2 aromatic rings. The van der Waals surface area contributed by atoms with Gasteiger partial charge in [-0.25, -0.2) is 4.68 Å². The van der Waals surface area contributed by atoms with Gasteiger partial charge in [0.2, 0.25) is 0 Å². The molecular weight excluding hydrogens is 316 g/mol. The van der Waals surface area contributed by atoms with Gasteiger partial charge in [-0.3, -0.25) is 9.69 Å². The van der Waals surface area contributed by atoms with Crippen molar-refractivity contribution >= 4 is 5.91 Å². The Kier molecular flexibility index (Phi) is 5.20. The summed E-state index contributed by atoms with van der Waals surface area (Å²) >= 11 is 0. The zero-order valence-corrected chi connectivity index (χ0v) is 15.3. The van der Waals surface area contributed by atoms with Gasteiger partial charge in [0, 0.05) is 50.7 Å². The van der Waals surface area contributed by atoms with Crippen LogP contribution in [0, 0.1) is 6.92 Å². The summed E-state index contributed by atoms with van der Waals surface area (Å²) in [4.78, 5) is 16.8.